The van der Waals surface area contributed by atoms with Gasteiger partial charge in [-0.15, -0.1) is 11.3 Å². The van der Waals surface area contributed by atoms with Gasteiger partial charge in [-0.2, -0.15) is 0 Å². The second-order valence-corrected chi connectivity index (χ2v) is 8.12. The van der Waals surface area contributed by atoms with Crippen LogP contribution in [-0.4, -0.2) is 26.5 Å². The van der Waals surface area contributed by atoms with E-state index in [2.05, 4.69) is 0 Å². The zero-order chi connectivity index (χ0) is 20.3. The van der Waals surface area contributed by atoms with Gasteiger partial charge in [-0.3, -0.25) is 18.7 Å². The molecule has 0 bridgehead atoms. The molecule has 0 unspecified atom stereocenters. The number of fused-ring (bicyclic) bond motifs is 1. The molecule has 2 aromatic heterocycles. The molecule has 0 fully saturated rings. The maximum absolute atomic E-state index is 13.0. The topological polar surface area (TPSA) is 64.3 Å². The van der Waals surface area contributed by atoms with E-state index in [1.165, 1.54) is 20.5 Å². The molecule has 0 saturated heterocycles. The number of carbonyl (C=O) groups excluding carboxylic acids is 1. The molecule has 0 atom stereocenters. The predicted molar refractivity (Wildman–Crippen MR) is 113 cm³/mol. The van der Waals surface area contributed by atoms with Crippen molar-refractivity contribution in [2.45, 2.75) is 40.4 Å². The van der Waals surface area contributed by atoms with Gasteiger partial charge in [0.15, 0.2) is 0 Å². The highest BCUT2D eigenvalue weighted by molar-refractivity contribution is 7.17. The fourth-order valence-corrected chi connectivity index (χ4v) is 4.07. The number of nitrogens with zero attached hydrogens (tertiary/aromatic N) is 3. The lowest BCUT2D eigenvalue weighted by molar-refractivity contribution is -0.132. The van der Waals surface area contributed by atoms with Gasteiger partial charge >= 0.3 is 5.69 Å². The van der Waals surface area contributed by atoms with Gasteiger partial charge in [0.05, 0.1) is 5.52 Å². The monoisotopic (exact) mass is 399 g/mol. The first-order valence-corrected chi connectivity index (χ1v) is 10.3. The van der Waals surface area contributed by atoms with Crippen molar-refractivity contribution >= 4 is 27.5 Å². The standard InChI is InChI=1S/C21H25N3O3S/c1-4-22(13-16-8-6-5-7-9-16)18(25)14-23-17-10-11-28-19(17)20(26)24(21(23)27)12-15(2)3/h5-11,15H,4,12-14H2,1-3H3. The average Bonchev–Trinajstić information content (AvgIpc) is 3.17. The van der Waals surface area contributed by atoms with E-state index in [9.17, 15) is 14.4 Å². The first-order chi connectivity index (χ1) is 13.4. The summed E-state index contributed by atoms with van der Waals surface area (Å²) in [5.74, 6) is 0.00730. The fraction of sp³-hybridized carbons (Fsp3) is 0.381. The zero-order valence-corrected chi connectivity index (χ0v) is 17.2. The minimum absolute atomic E-state index is 0.0783. The number of thiophene rings is 1. The summed E-state index contributed by atoms with van der Waals surface area (Å²) in [4.78, 5) is 40.4. The van der Waals surface area contributed by atoms with Crippen LogP contribution in [0.3, 0.4) is 0 Å². The molecule has 148 valence electrons. The molecule has 6 nitrogen and oxygen atoms in total. The SMILES string of the molecule is CCN(Cc1ccccc1)C(=O)Cn1c(=O)n(CC(C)C)c(=O)c2sccc21. The van der Waals surface area contributed by atoms with Crippen molar-refractivity contribution in [3.8, 4) is 0 Å². The van der Waals surface area contributed by atoms with Gasteiger partial charge in [0.25, 0.3) is 5.56 Å². The predicted octanol–water partition coefficient (Wildman–Crippen LogP) is 2.93. The van der Waals surface area contributed by atoms with E-state index >= 15 is 0 Å². The molecule has 0 saturated carbocycles. The highest BCUT2D eigenvalue weighted by atomic mass is 32.1. The first kappa shape index (κ1) is 20.1. The molecule has 3 rings (SSSR count). The molecule has 28 heavy (non-hydrogen) atoms. The van der Waals surface area contributed by atoms with Crippen LogP contribution < -0.4 is 11.2 Å². The van der Waals surface area contributed by atoms with Crippen molar-refractivity contribution in [3.63, 3.8) is 0 Å². The number of rotatable bonds is 7. The van der Waals surface area contributed by atoms with Gasteiger partial charge in [-0.25, -0.2) is 4.79 Å². The highest BCUT2D eigenvalue weighted by Crippen LogP contribution is 2.16. The molecule has 0 aliphatic rings. The lowest BCUT2D eigenvalue weighted by Crippen LogP contribution is -2.43. The van der Waals surface area contributed by atoms with Crippen LogP contribution in [0.15, 0.2) is 51.4 Å². The summed E-state index contributed by atoms with van der Waals surface area (Å²) in [6.45, 7) is 7.12. The Labute approximate surface area is 167 Å². The number of amides is 1. The van der Waals surface area contributed by atoms with Crippen molar-refractivity contribution < 1.29 is 4.79 Å². The number of hydrogen-bond acceptors (Lipinski definition) is 4. The Bertz CT molecular complexity index is 1080. The summed E-state index contributed by atoms with van der Waals surface area (Å²) in [7, 11) is 0. The van der Waals surface area contributed by atoms with Crippen molar-refractivity contribution in [3.05, 3.63) is 68.2 Å². The lowest BCUT2D eigenvalue weighted by atomic mass is 10.2. The number of carbonyl (C=O) groups is 1. The van der Waals surface area contributed by atoms with Gasteiger partial charge in [-0.1, -0.05) is 44.2 Å². The van der Waals surface area contributed by atoms with Gasteiger partial charge in [0, 0.05) is 19.6 Å². The van der Waals surface area contributed by atoms with Crippen LogP contribution in [-0.2, 0) is 24.4 Å². The van der Waals surface area contributed by atoms with Crippen LogP contribution in [0.25, 0.3) is 10.2 Å². The van der Waals surface area contributed by atoms with Crippen molar-refractivity contribution in [2.24, 2.45) is 5.92 Å². The smallest absolute Gasteiger partial charge is 0.332 e. The van der Waals surface area contributed by atoms with E-state index in [4.69, 9.17) is 0 Å². The summed E-state index contributed by atoms with van der Waals surface area (Å²) in [5, 5.41) is 1.79. The molecule has 0 N–H and O–H groups in total. The van der Waals surface area contributed by atoms with Crippen LogP contribution in [0.2, 0.25) is 0 Å². The molecule has 1 amide bonds. The van der Waals surface area contributed by atoms with Crippen LogP contribution in [0, 0.1) is 5.92 Å². The molecule has 0 aliphatic carbocycles. The average molecular weight is 400 g/mol. The molecule has 7 heteroatoms. The third-order valence-electron chi connectivity index (χ3n) is 4.63. The number of aromatic nitrogens is 2. The van der Waals surface area contributed by atoms with Gasteiger partial charge < -0.3 is 4.90 Å². The Hall–Kier alpha value is -2.67. The van der Waals surface area contributed by atoms with Crippen LogP contribution in [0.1, 0.15) is 26.3 Å². The molecular formula is C21H25N3O3S. The van der Waals surface area contributed by atoms with Crippen molar-refractivity contribution in [1.29, 1.82) is 0 Å². The quantitative estimate of drug-likeness (QED) is 0.614. The lowest BCUT2D eigenvalue weighted by Gasteiger charge is -2.22. The molecule has 0 spiro atoms. The van der Waals surface area contributed by atoms with E-state index in [1.54, 1.807) is 16.3 Å². The van der Waals surface area contributed by atoms with Crippen LogP contribution >= 0.6 is 11.3 Å². The van der Waals surface area contributed by atoms with Crippen molar-refractivity contribution in [2.75, 3.05) is 6.54 Å². The minimum Gasteiger partial charge on any atom is -0.337 e. The molecule has 3 aromatic rings. The normalized spacial score (nSPS) is 11.3. The minimum atomic E-state index is -0.422. The van der Waals surface area contributed by atoms with E-state index in [-0.39, 0.29) is 23.9 Å². The van der Waals surface area contributed by atoms with Crippen LogP contribution in [0.5, 0.6) is 0 Å². The second kappa shape index (κ2) is 8.56. The highest BCUT2D eigenvalue weighted by Gasteiger charge is 2.19. The van der Waals surface area contributed by atoms with E-state index < -0.39 is 5.69 Å². The maximum atomic E-state index is 13.0. The van der Waals surface area contributed by atoms with Gasteiger partial charge in [0.2, 0.25) is 5.91 Å². The molecule has 0 radical (unpaired) electrons. The van der Waals surface area contributed by atoms with Crippen LogP contribution in [0.4, 0.5) is 0 Å². The van der Waals surface area contributed by atoms with Gasteiger partial charge in [0.1, 0.15) is 11.2 Å². The number of benzene rings is 1. The van der Waals surface area contributed by atoms with E-state index in [0.29, 0.717) is 29.9 Å². The third-order valence-corrected chi connectivity index (χ3v) is 5.52. The summed E-state index contributed by atoms with van der Waals surface area (Å²) in [6.07, 6.45) is 0. The summed E-state index contributed by atoms with van der Waals surface area (Å²) in [6, 6.07) is 11.5. The molecule has 0 aliphatic heterocycles. The Morgan fingerprint density at radius 2 is 1.82 bits per heavy atom. The summed E-state index contributed by atoms with van der Waals surface area (Å²) < 4.78 is 3.20. The van der Waals surface area contributed by atoms with E-state index in [1.807, 2.05) is 51.1 Å². The largest absolute Gasteiger partial charge is 0.337 e. The van der Waals surface area contributed by atoms with Gasteiger partial charge in [-0.05, 0) is 29.9 Å². The molecule has 2 heterocycles. The number of likely N-dealkylation sites (N-methyl/N-ethyl adjacent to an activating group) is 1. The van der Waals surface area contributed by atoms with E-state index in [0.717, 1.165) is 5.56 Å². The fourth-order valence-electron chi connectivity index (χ4n) is 3.23. The number of hydrogen-bond donors (Lipinski definition) is 0. The Morgan fingerprint density at radius 3 is 2.46 bits per heavy atom. The Kier molecular flexibility index (Phi) is 6.14. The maximum Gasteiger partial charge on any atom is 0.332 e. The Balaban J connectivity index is 1.96. The first-order valence-electron chi connectivity index (χ1n) is 9.44. The summed E-state index contributed by atoms with van der Waals surface area (Å²) in [5.41, 5.74) is 0.873. The zero-order valence-electron chi connectivity index (χ0n) is 16.4. The summed E-state index contributed by atoms with van der Waals surface area (Å²) >= 11 is 1.30. The second-order valence-electron chi connectivity index (χ2n) is 7.21. The third kappa shape index (κ3) is 4.09. The van der Waals surface area contributed by atoms with Crippen molar-refractivity contribution in [1.82, 2.24) is 14.0 Å². The molecular weight excluding hydrogens is 374 g/mol. The Morgan fingerprint density at radius 1 is 1.11 bits per heavy atom. The molecule has 1 aromatic carbocycles.